The molecule has 2 aromatic rings. The molecule has 0 bridgehead atoms. The molecule has 2 heterocycles. The Hall–Kier alpha value is -2.38. The lowest BCUT2D eigenvalue weighted by Crippen LogP contribution is -2.53. The molecular formula is C30H45N3O4. The van der Waals surface area contributed by atoms with Gasteiger partial charge in [-0.25, -0.2) is 0 Å². The molecule has 4 unspecified atom stereocenters. The fraction of sp³-hybridized carbons (Fsp3) is 0.667. The van der Waals surface area contributed by atoms with Gasteiger partial charge in [-0.05, 0) is 55.9 Å². The zero-order chi connectivity index (χ0) is 26.7. The Kier molecular flexibility index (Phi) is 8.96. The molecule has 1 aromatic heterocycles. The second-order valence-corrected chi connectivity index (χ2v) is 12.1. The summed E-state index contributed by atoms with van der Waals surface area (Å²) in [4.78, 5) is 32.3. The van der Waals surface area contributed by atoms with Crippen LogP contribution < -0.4 is 5.32 Å². The number of rotatable bonds is 11. The molecule has 2 amide bonds. The van der Waals surface area contributed by atoms with E-state index in [1.165, 1.54) is 6.42 Å². The predicted octanol–water partition coefficient (Wildman–Crippen LogP) is 4.76. The number of aromatic amines is 1. The van der Waals surface area contributed by atoms with Gasteiger partial charge in [-0.3, -0.25) is 9.59 Å². The third-order valence-electron chi connectivity index (χ3n) is 8.19. The zero-order valence-electron chi connectivity index (χ0n) is 22.9. The SMILES string of the molecule is CC(C)CC(O)C(O)CC(NC(=O)C(CC(C)C)N1Cc2c([nH]c3ccccc23)C1=O)C1CCCCC1. The van der Waals surface area contributed by atoms with Crippen LogP contribution >= 0.6 is 0 Å². The molecule has 4 atom stereocenters. The lowest BCUT2D eigenvalue weighted by atomic mass is 9.80. The van der Waals surface area contributed by atoms with Crippen LogP contribution in [0.4, 0.5) is 0 Å². The number of hydrogen-bond donors (Lipinski definition) is 4. The van der Waals surface area contributed by atoms with Crippen LogP contribution in [0.2, 0.25) is 0 Å². The van der Waals surface area contributed by atoms with E-state index in [4.69, 9.17) is 0 Å². The topological polar surface area (TPSA) is 106 Å². The molecule has 7 nitrogen and oxygen atoms in total. The Bertz CT molecular complexity index is 1070. The molecule has 1 aromatic carbocycles. The fourth-order valence-corrected chi connectivity index (χ4v) is 6.25. The number of nitrogens with one attached hydrogen (secondary N) is 2. The highest BCUT2D eigenvalue weighted by atomic mass is 16.3. The lowest BCUT2D eigenvalue weighted by molar-refractivity contribution is -0.128. The molecule has 4 rings (SSSR count). The maximum Gasteiger partial charge on any atom is 0.271 e. The maximum absolute atomic E-state index is 13.9. The average Bonchev–Trinajstić information content (AvgIpc) is 3.38. The number of benzene rings is 1. The number of nitrogens with zero attached hydrogens (tertiary/aromatic N) is 1. The Morgan fingerprint density at radius 1 is 1.00 bits per heavy atom. The van der Waals surface area contributed by atoms with Crippen LogP contribution in [0.15, 0.2) is 24.3 Å². The van der Waals surface area contributed by atoms with E-state index in [9.17, 15) is 19.8 Å². The minimum absolute atomic E-state index is 0.131. The van der Waals surface area contributed by atoms with Crippen molar-refractivity contribution in [1.29, 1.82) is 0 Å². The zero-order valence-corrected chi connectivity index (χ0v) is 22.9. The summed E-state index contributed by atoms with van der Waals surface area (Å²) in [6.45, 7) is 8.60. The van der Waals surface area contributed by atoms with Crippen LogP contribution in [0.5, 0.6) is 0 Å². The second kappa shape index (κ2) is 12.0. The summed E-state index contributed by atoms with van der Waals surface area (Å²) in [5, 5.41) is 25.7. The Labute approximate surface area is 221 Å². The summed E-state index contributed by atoms with van der Waals surface area (Å²) in [5.74, 6) is 0.485. The molecule has 0 spiro atoms. The Balaban J connectivity index is 1.53. The minimum Gasteiger partial charge on any atom is -0.390 e. The normalized spacial score (nSPS) is 19.9. The molecule has 1 saturated carbocycles. The summed E-state index contributed by atoms with van der Waals surface area (Å²) in [6, 6.07) is 7.09. The first-order valence-corrected chi connectivity index (χ1v) is 14.2. The lowest BCUT2D eigenvalue weighted by Gasteiger charge is -2.36. The quantitative estimate of drug-likeness (QED) is 0.349. The summed E-state index contributed by atoms with van der Waals surface area (Å²) in [6.07, 6.45) is 5.15. The van der Waals surface area contributed by atoms with Crippen molar-refractivity contribution in [3.05, 3.63) is 35.5 Å². The van der Waals surface area contributed by atoms with E-state index in [2.05, 4.69) is 24.1 Å². The molecule has 1 fully saturated rings. The van der Waals surface area contributed by atoms with Gasteiger partial charge >= 0.3 is 0 Å². The van der Waals surface area contributed by atoms with Gasteiger partial charge < -0.3 is 25.4 Å². The molecule has 2 aliphatic rings. The molecule has 4 N–H and O–H groups in total. The van der Waals surface area contributed by atoms with Crippen LogP contribution in [0.1, 0.15) is 95.1 Å². The number of para-hydroxylation sites is 1. The van der Waals surface area contributed by atoms with E-state index >= 15 is 0 Å². The molecule has 1 aliphatic carbocycles. The van der Waals surface area contributed by atoms with Crippen molar-refractivity contribution in [2.75, 3.05) is 0 Å². The second-order valence-electron chi connectivity index (χ2n) is 12.1. The van der Waals surface area contributed by atoms with Crippen molar-refractivity contribution in [2.45, 2.75) is 110 Å². The van der Waals surface area contributed by atoms with Crippen LogP contribution in [-0.2, 0) is 11.3 Å². The minimum atomic E-state index is -0.891. The Morgan fingerprint density at radius 3 is 2.32 bits per heavy atom. The first-order valence-electron chi connectivity index (χ1n) is 14.2. The van der Waals surface area contributed by atoms with Gasteiger partial charge in [0.2, 0.25) is 5.91 Å². The van der Waals surface area contributed by atoms with Gasteiger partial charge in [0.25, 0.3) is 5.91 Å². The number of fused-ring (bicyclic) bond motifs is 3. The van der Waals surface area contributed by atoms with E-state index in [0.29, 0.717) is 31.5 Å². The van der Waals surface area contributed by atoms with E-state index in [1.54, 1.807) is 4.90 Å². The van der Waals surface area contributed by atoms with Crippen LogP contribution in [0.3, 0.4) is 0 Å². The summed E-state index contributed by atoms with van der Waals surface area (Å²) >= 11 is 0. The number of carbonyl (C=O) groups is 2. The predicted molar refractivity (Wildman–Crippen MR) is 146 cm³/mol. The highest BCUT2D eigenvalue weighted by Crippen LogP contribution is 2.34. The van der Waals surface area contributed by atoms with Crippen molar-refractivity contribution in [1.82, 2.24) is 15.2 Å². The van der Waals surface area contributed by atoms with Crippen molar-refractivity contribution in [3.8, 4) is 0 Å². The summed E-state index contributed by atoms with van der Waals surface area (Å²) in [7, 11) is 0. The highest BCUT2D eigenvalue weighted by molar-refractivity contribution is 6.05. The van der Waals surface area contributed by atoms with Gasteiger partial charge in [0, 0.05) is 29.1 Å². The monoisotopic (exact) mass is 511 g/mol. The number of H-pyrrole nitrogens is 1. The summed E-state index contributed by atoms with van der Waals surface area (Å²) in [5.41, 5.74) is 2.48. The molecule has 204 valence electrons. The molecule has 0 radical (unpaired) electrons. The van der Waals surface area contributed by atoms with E-state index in [-0.39, 0.29) is 35.6 Å². The van der Waals surface area contributed by atoms with Gasteiger partial charge in [-0.1, -0.05) is 65.2 Å². The number of aliphatic hydroxyl groups excluding tert-OH is 2. The smallest absolute Gasteiger partial charge is 0.271 e. The maximum atomic E-state index is 13.9. The number of aliphatic hydroxyl groups is 2. The van der Waals surface area contributed by atoms with Gasteiger partial charge in [-0.15, -0.1) is 0 Å². The van der Waals surface area contributed by atoms with Gasteiger partial charge in [0.05, 0.1) is 12.2 Å². The Morgan fingerprint density at radius 2 is 1.65 bits per heavy atom. The third-order valence-corrected chi connectivity index (χ3v) is 8.19. The largest absolute Gasteiger partial charge is 0.390 e. The van der Waals surface area contributed by atoms with Crippen LogP contribution in [0, 0.1) is 17.8 Å². The van der Waals surface area contributed by atoms with Gasteiger partial charge in [0.1, 0.15) is 11.7 Å². The first-order chi connectivity index (χ1) is 17.7. The highest BCUT2D eigenvalue weighted by Gasteiger charge is 2.40. The fourth-order valence-electron chi connectivity index (χ4n) is 6.25. The van der Waals surface area contributed by atoms with E-state index in [1.807, 2.05) is 38.1 Å². The van der Waals surface area contributed by atoms with Crippen molar-refractivity contribution in [2.24, 2.45) is 17.8 Å². The standard InChI is InChI=1S/C30H45N3O4/c1-18(2)14-25(33-17-22-21-12-8-9-13-23(21)31-28(22)30(33)37)29(36)32-24(20-10-6-5-7-11-20)16-27(35)26(34)15-19(3)4/h8-9,12-13,18-20,24-27,31,34-35H,5-7,10-11,14-17H2,1-4H3,(H,32,36). The van der Waals surface area contributed by atoms with Crippen molar-refractivity contribution in [3.63, 3.8) is 0 Å². The van der Waals surface area contributed by atoms with Crippen molar-refractivity contribution < 1.29 is 19.8 Å². The third kappa shape index (κ3) is 6.37. The number of hydrogen-bond acceptors (Lipinski definition) is 4. The average molecular weight is 512 g/mol. The van der Waals surface area contributed by atoms with Gasteiger partial charge in [0.15, 0.2) is 0 Å². The molecule has 7 heteroatoms. The van der Waals surface area contributed by atoms with Gasteiger partial charge in [-0.2, -0.15) is 0 Å². The number of aromatic nitrogens is 1. The summed E-state index contributed by atoms with van der Waals surface area (Å²) < 4.78 is 0. The van der Waals surface area contributed by atoms with E-state index in [0.717, 1.165) is 42.1 Å². The molecular weight excluding hydrogens is 466 g/mol. The molecule has 1 aliphatic heterocycles. The van der Waals surface area contributed by atoms with Crippen molar-refractivity contribution >= 4 is 22.7 Å². The number of carbonyl (C=O) groups excluding carboxylic acids is 2. The molecule has 37 heavy (non-hydrogen) atoms. The first kappa shape index (κ1) is 27.6. The van der Waals surface area contributed by atoms with Crippen LogP contribution in [-0.4, -0.2) is 56.2 Å². The van der Waals surface area contributed by atoms with E-state index < -0.39 is 18.2 Å². The van der Waals surface area contributed by atoms with Crippen LogP contribution in [0.25, 0.3) is 10.9 Å². The molecule has 0 saturated heterocycles. The number of amides is 2.